The fourth-order valence-electron chi connectivity index (χ4n) is 1.87. The van der Waals surface area contributed by atoms with Crippen molar-refractivity contribution in [3.05, 3.63) is 36.2 Å². The molecule has 2 N–H and O–H groups in total. The van der Waals surface area contributed by atoms with E-state index in [1.54, 1.807) is 19.3 Å². The van der Waals surface area contributed by atoms with Crippen LogP contribution in [0.25, 0.3) is 11.4 Å². The second kappa shape index (κ2) is 7.68. The lowest BCUT2D eigenvalue weighted by Gasteiger charge is -2.01. The molecule has 0 aliphatic carbocycles. The van der Waals surface area contributed by atoms with Crippen molar-refractivity contribution in [2.45, 2.75) is 18.6 Å². The van der Waals surface area contributed by atoms with Crippen LogP contribution in [0.15, 0.2) is 34.2 Å². The van der Waals surface area contributed by atoms with Crippen molar-refractivity contribution in [1.29, 1.82) is 0 Å². The summed E-state index contributed by atoms with van der Waals surface area (Å²) in [6.07, 6.45) is 3.95. The molecule has 10 heteroatoms. The molecule has 0 saturated heterocycles. The summed E-state index contributed by atoms with van der Waals surface area (Å²) in [6.45, 7) is 2.16. The lowest BCUT2D eigenvalue weighted by atomic mass is 10.3. The second-order valence-corrected chi connectivity index (χ2v) is 5.75. The van der Waals surface area contributed by atoms with Crippen molar-refractivity contribution < 1.29 is 9.21 Å². The number of aromatic amines is 1. The minimum Gasteiger partial charge on any atom is -0.416 e. The summed E-state index contributed by atoms with van der Waals surface area (Å²) < 4.78 is 5.18. The van der Waals surface area contributed by atoms with Crippen LogP contribution < -0.4 is 5.32 Å². The summed E-state index contributed by atoms with van der Waals surface area (Å²) in [5.41, 5.74) is 0.843. The number of carbonyl (C=O) groups is 1. The fraction of sp³-hybridized carbons (Fsp3) is 0.286. The number of amides is 1. The first kappa shape index (κ1) is 16.1. The van der Waals surface area contributed by atoms with E-state index in [0.29, 0.717) is 35.7 Å². The summed E-state index contributed by atoms with van der Waals surface area (Å²) >= 11 is 1.20. The van der Waals surface area contributed by atoms with E-state index in [1.165, 1.54) is 11.8 Å². The zero-order chi connectivity index (χ0) is 16.8. The average Bonchev–Trinajstić information content (AvgIpc) is 3.23. The monoisotopic (exact) mass is 345 g/mol. The van der Waals surface area contributed by atoms with Crippen LogP contribution in [0.5, 0.6) is 0 Å². The highest BCUT2D eigenvalue weighted by molar-refractivity contribution is 7.99. The number of nitrogens with zero attached hydrogens (tertiary/aromatic N) is 5. The van der Waals surface area contributed by atoms with Crippen LogP contribution in [0.1, 0.15) is 11.7 Å². The van der Waals surface area contributed by atoms with Crippen LogP contribution in [0.4, 0.5) is 0 Å². The largest absolute Gasteiger partial charge is 0.416 e. The van der Waals surface area contributed by atoms with E-state index in [2.05, 4.69) is 35.7 Å². The molecule has 0 fully saturated rings. The molecule has 0 spiro atoms. The maximum absolute atomic E-state index is 11.8. The fourth-order valence-corrected chi connectivity index (χ4v) is 2.50. The molecule has 3 aromatic rings. The molecule has 0 atom stereocenters. The Kier molecular flexibility index (Phi) is 5.16. The number of hydrogen-bond acceptors (Lipinski definition) is 8. The molecule has 24 heavy (non-hydrogen) atoms. The van der Waals surface area contributed by atoms with Crippen molar-refractivity contribution in [3.63, 3.8) is 0 Å². The Morgan fingerprint density at radius 2 is 2.33 bits per heavy atom. The van der Waals surface area contributed by atoms with Crippen LogP contribution in [-0.4, -0.2) is 48.6 Å². The molecule has 9 nitrogen and oxygen atoms in total. The van der Waals surface area contributed by atoms with Gasteiger partial charge in [0.15, 0.2) is 5.82 Å². The van der Waals surface area contributed by atoms with Gasteiger partial charge in [-0.05, 0) is 12.1 Å². The van der Waals surface area contributed by atoms with Crippen molar-refractivity contribution in [2.24, 2.45) is 0 Å². The number of aromatic nitrogens is 6. The van der Waals surface area contributed by atoms with E-state index in [9.17, 15) is 4.79 Å². The van der Waals surface area contributed by atoms with E-state index in [0.717, 1.165) is 5.56 Å². The molecule has 124 valence electrons. The Morgan fingerprint density at radius 1 is 1.42 bits per heavy atom. The highest BCUT2D eigenvalue weighted by atomic mass is 32.2. The summed E-state index contributed by atoms with van der Waals surface area (Å²) in [5.74, 6) is 1.88. The average molecular weight is 345 g/mol. The van der Waals surface area contributed by atoms with Gasteiger partial charge < -0.3 is 9.73 Å². The van der Waals surface area contributed by atoms with Crippen LogP contribution in [0.2, 0.25) is 0 Å². The molecule has 3 heterocycles. The van der Waals surface area contributed by atoms with Crippen LogP contribution in [0, 0.1) is 6.92 Å². The maximum atomic E-state index is 11.8. The number of hydrogen-bond donors (Lipinski definition) is 2. The number of pyridine rings is 1. The standard InChI is InChI=1S/C14H15N7O2S/c1-9-18-21-14(23-9)24-8-12(22)16-6-4-11-17-13(20-19-11)10-3-2-5-15-7-10/h2-3,5,7H,4,6,8H2,1H3,(H,16,22)(H,17,19,20). The van der Waals surface area contributed by atoms with Crippen molar-refractivity contribution in [3.8, 4) is 11.4 Å². The van der Waals surface area contributed by atoms with E-state index < -0.39 is 0 Å². The molecule has 0 bridgehead atoms. The molecule has 0 unspecified atom stereocenters. The van der Waals surface area contributed by atoms with Crippen LogP contribution in [0.3, 0.4) is 0 Å². The first-order valence-electron chi connectivity index (χ1n) is 7.22. The summed E-state index contributed by atoms with van der Waals surface area (Å²) in [6, 6.07) is 3.71. The third-order valence-corrected chi connectivity index (χ3v) is 3.79. The highest BCUT2D eigenvalue weighted by Gasteiger charge is 2.09. The topological polar surface area (TPSA) is 122 Å². The predicted octanol–water partition coefficient (Wildman–Crippen LogP) is 1.01. The van der Waals surface area contributed by atoms with Gasteiger partial charge in [0.2, 0.25) is 11.8 Å². The normalized spacial score (nSPS) is 10.7. The van der Waals surface area contributed by atoms with Crippen molar-refractivity contribution >= 4 is 17.7 Å². The van der Waals surface area contributed by atoms with Gasteiger partial charge in [-0.25, -0.2) is 4.98 Å². The summed E-state index contributed by atoms with van der Waals surface area (Å²) in [4.78, 5) is 20.2. The minimum atomic E-state index is -0.108. The number of thioether (sulfide) groups is 1. The molecule has 1 amide bonds. The van der Waals surface area contributed by atoms with Crippen LogP contribution in [-0.2, 0) is 11.2 Å². The molecule has 0 aliphatic heterocycles. The number of carbonyl (C=O) groups excluding carboxylic acids is 1. The summed E-state index contributed by atoms with van der Waals surface area (Å²) in [5, 5.41) is 17.7. The SMILES string of the molecule is Cc1nnc(SCC(=O)NCCc2nc(-c3cccnc3)n[nH]2)o1. The lowest BCUT2D eigenvalue weighted by molar-refractivity contribution is -0.118. The van der Waals surface area contributed by atoms with Gasteiger partial charge in [0.1, 0.15) is 5.82 Å². The number of aryl methyl sites for hydroxylation is 1. The first-order chi connectivity index (χ1) is 11.7. The Labute approximate surface area is 141 Å². The molecule has 0 aliphatic rings. The van der Waals surface area contributed by atoms with E-state index in [4.69, 9.17) is 4.42 Å². The smallest absolute Gasteiger partial charge is 0.277 e. The number of nitrogens with one attached hydrogen (secondary N) is 2. The lowest BCUT2D eigenvalue weighted by Crippen LogP contribution is -2.27. The molecule has 3 rings (SSSR count). The Morgan fingerprint density at radius 3 is 3.08 bits per heavy atom. The molecular formula is C14H15N7O2S. The van der Waals surface area contributed by atoms with Gasteiger partial charge in [-0.2, -0.15) is 5.10 Å². The molecule has 0 radical (unpaired) electrons. The quantitative estimate of drug-likeness (QED) is 0.608. The van der Waals surface area contributed by atoms with Gasteiger partial charge in [0, 0.05) is 37.8 Å². The van der Waals surface area contributed by atoms with Gasteiger partial charge in [-0.15, -0.1) is 10.2 Å². The minimum absolute atomic E-state index is 0.108. The Bertz CT molecular complexity index is 802. The summed E-state index contributed by atoms with van der Waals surface area (Å²) in [7, 11) is 0. The van der Waals surface area contributed by atoms with Crippen molar-refractivity contribution in [1.82, 2.24) is 35.7 Å². The van der Waals surface area contributed by atoms with Gasteiger partial charge in [0.05, 0.1) is 5.75 Å². The number of H-pyrrole nitrogens is 1. The number of rotatable bonds is 7. The maximum Gasteiger partial charge on any atom is 0.277 e. The van der Waals surface area contributed by atoms with Crippen molar-refractivity contribution in [2.75, 3.05) is 12.3 Å². The van der Waals surface area contributed by atoms with Gasteiger partial charge in [0.25, 0.3) is 5.22 Å². The van der Waals surface area contributed by atoms with Crippen LogP contribution >= 0.6 is 11.8 Å². The third-order valence-electron chi connectivity index (χ3n) is 2.97. The van der Waals surface area contributed by atoms with E-state index in [-0.39, 0.29) is 11.7 Å². The van der Waals surface area contributed by atoms with Gasteiger partial charge in [-0.3, -0.25) is 14.9 Å². The zero-order valence-electron chi connectivity index (χ0n) is 12.9. The van der Waals surface area contributed by atoms with Gasteiger partial charge in [-0.1, -0.05) is 11.8 Å². The Balaban J connectivity index is 1.41. The highest BCUT2D eigenvalue weighted by Crippen LogP contribution is 2.15. The predicted molar refractivity (Wildman–Crippen MR) is 86.1 cm³/mol. The molecule has 3 aromatic heterocycles. The molecule has 0 aromatic carbocycles. The van der Waals surface area contributed by atoms with E-state index >= 15 is 0 Å². The third kappa shape index (κ3) is 4.38. The zero-order valence-corrected chi connectivity index (χ0v) is 13.7. The first-order valence-corrected chi connectivity index (χ1v) is 8.20. The molecular weight excluding hydrogens is 330 g/mol. The van der Waals surface area contributed by atoms with E-state index in [1.807, 2.05) is 12.1 Å². The Hall–Kier alpha value is -2.75. The van der Waals surface area contributed by atoms with Gasteiger partial charge >= 0.3 is 0 Å². The molecule has 0 saturated carbocycles. The second-order valence-electron chi connectivity index (χ2n) is 4.82.